The Hall–Kier alpha value is -0.0800. The van der Waals surface area contributed by atoms with Gasteiger partial charge in [0.05, 0.1) is 5.60 Å². The zero-order chi connectivity index (χ0) is 10.0. The molecule has 1 heterocycles. The maximum atomic E-state index is 10.5. The number of hydrogen-bond acceptors (Lipinski definition) is 2. The third kappa shape index (κ3) is 2.12. The van der Waals surface area contributed by atoms with Crippen LogP contribution in [0.2, 0.25) is 0 Å². The first-order valence-electron chi connectivity index (χ1n) is 6.14. The van der Waals surface area contributed by atoms with E-state index in [1.807, 2.05) is 0 Å². The topological polar surface area (TPSA) is 32.3 Å². The van der Waals surface area contributed by atoms with Crippen molar-refractivity contribution in [2.24, 2.45) is 11.8 Å². The normalized spacial score (nSPS) is 45.0. The Balaban J connectivity index is 1.92. The van der Waals surface area contributed by atoms with Gasteiger partial charge in [-0.1, -0.05) is 19.8 Å². The Bertz CT molecular complexity index is 179. The van der Waals surface area contributed by atoms with E-state index in [0.717, 1.165) is 31.8 Å². The van der Waals surface area contributed by atoms with E-state index in [9.17, 15) is 5.11 Å². The number of nitrogens with one attached hydrogen (secondary N) is 1. The van der Waals surface area contributed by atoms with Gasteiger partial charge in [-0.05, 0) is 44.1 Å². The summed E-state index contributed by atoms with van der Waals surface area (Å²) in [5, 5.41) is 13.9. The summed E-state index contributed by atoms with van der Waals surface area (Å²) < 4.78 is 0. The molecule has 2 heteroatoms. The molecule has 14 heavy (non-hydrogen) atoms. The first-order chi connectivity index (χ1) is 6.71. The van der Waals surface area contributed by atoms with Crippen molar-refractivity contribution in [3.8, 4) is 0 Å². The quantitative estimate of drug-likeness (QED) is 0.673. The van der Waals surface area contributed by atoms with Crippen LogP contribution in [-0.2, 0) is 0 Å². The van der Waals surface area contributed by atoms with E-state index in [1.54, 1.807) is 0 Å². The van der Waals surface area contributed by atoms with Crippen molar-refractivity contribution < 1.29 is 5.11 Å². The lowest BCUT2D eigenvalue weighted by Crippen LogP contribution is -2.51. The summed E-state index contributed by atoms with van der Waals surface area (Å²) in [4.78, 5) is 0. The van der Waals surface area contributed by atoms with Gasteiger partial charge in [0.1, 0.15) is 0 Å². The monoisotopic (exact) mass is 197 g/mol. The summed E-state index contributed by atoms with van der Waals surface area (Å²) >= 11 is 0. The molecule has 2 aliphatic rings. The molecule has 0 spiro atoms. The van der Waals surface area contributed by atoms with E-state index < -0.39 is 0 Å². The van der Waals surface area contributed by atoms with Crippen LogP contribution in [0.4, 0.5) is 0 Å². The third-order valence-electron chi connectivity index (χ3n) is 4.17. The number of piperidine rings is 1. The van der Waals surface area contributed by atoms with Gasteiger partial charge in [0.2, 0.25) is 0 Å². The highest BCUT2D eigenvalue weighted by atomic mass is 16.3. The molecule has 1 aliphatic heterocycles. The highest BCUT2D eigenvalue weighted by Gasteiger charge is 2.38. The summed E-state index contributed by atoms with van der Waals surface area (Å²) in [6.07, 6.45) is 7.25. The fraction of sp³-hybridized carbons (Fsp3) is 1.00. The molecule has 2 nitrogen and oxygen atoms in total. The van der Waals surface area contributed by atoms with Gasteiger partial charge in [0, 0.05) is 6.54 Å². The van der Waals surface area contributed by atoms with E-state index in [2.05, 4.69) is 12.2 Å². The van der Waals surface area contributed by atoms with Crippen molar-refractivity contribution in [3.63, 3.8) is 0 Å². The molecule has 0 radical (unpaired) electrons. The molecule has 1 atom stereocenters. The molecule has 0 amide bonds. The zero-order valence-electron chi connectivity index (χ0n) is 9.26. The average Bonchev–Trinajstić information content (AvgIpc) is 2.19. The number of aliphatic hydroxyl groups is 1. The third-order valence-corrected chi connectivity index (χ3v) is 4.17. The summed E-state index contributed by atoms with van der Waals surface area (Å²) in [6, 6.07) is 0. The van der Waals surface area contributed by atoms with E-state index in [-0.39, 0.29) is 5.60 Å². The molecular formula is C12H23NO. The molecule has 0 bridgehead atoms. The van der Waals surface area contributed by atoms with Gasteiger partial charge >= 0.3 is 0 Å². The maximum absolute atomic E-state index is 10.5. The second-order valence-electron chi connectivity index (χ2n) is 5.34. The Morgan fingerprint density at radius 2 is 1.93 bits per heavy atom. The molecule has 1 saturated heterocycles. The largest absolute Gasteiger partial charge is 0.388 e. The van der Waals surface area contributed by atoms with Crippen LogP contribution in [0.1, 0.15) is 45.4 Å². The van der Waals surface area contributed by atoms with Crippen LogP contribution in [-0.4, -0.2) is 23.8 Å². The van der Waals surface area contributed by atoms with E-state index in [1.165, 1.54) is 25.7 Å². The standard InChI is InChI=1S/C12H23NO/c1-10-3-5-11(6-4-10)12(14)7-2-8-13-9-12/h10-11,13-14H,2-9H2,1H3. The summed E-state index contributed by atoms with van der Waals surface area (Å²) in [7, 11) is 0. The fourth-order valence-corrected chi connectivity index (χ4v) is 3.06. The van der Waals surface area contributed by atoms with E-state index in [0.29, 0.717) is 5.92 Å². The van der Waals surface area contributed by atoms with Crippen molar-refractivity contribution in [2.75, 3.05) is 13.1 Å². The van der Waals surface area contributed by atoms with Crippen LogP contribution in [0.25, 0.3) is 0 Å². The smallest absolute Gasteiger partial charge is 0.0800 e. The van der Waals surface area contributed by atoms with Gasteiger partial charge < -0.3 is 10.4 Å². The molecule has 0 aromatic rings. The van der Waals surface area contributed by atoms with Gasteiger partial charge in [-0.2, -0.15) is 0 Å². The minimum Gasteiger partial charge on any atom is -0.388 e. The Morgan fingerprint density at radius 3 is 2.50 bits per heavy atom. The lowest BCUT2D eigenvalue weighted by molar-refractivity contribution is -0.0539. The molecule has 1 aliphatic carbocycles. The fourth-order valence-electron chi connectivity index (χ4n) is 3.06. The molecule has 2 fully saturated rings. The molecule has 2 rings (SSSR count). The first kappa shape index (κ1) is 10.4. The minimum absolute atomic E-state index is 0.377. The summed E-state index contributed by atoms with van der Waals surface area (Å²) in [5.41, 5.74) is -0.377. The predicted octanol–water partition coefficient (Wildman–Crippen LogP) is 1.93. The molecule has 1 unspecified atom stereocenters. The first-order valence-corrected chi connectivity index (χ1v) is 6.14. The molecule has 82 valence electrons. The van der Waals surface area contributed by atoms with Crippen molar-refractivity contribution in [2.45, 2.75) is 51.0 Å². The van der Waals surface area contributed by atoms with Crippen molar-refractivity contribution in [1.82, 2.24) is 5.32 Å². The second-order valence-corrected chi connectivity index (χ2v) is 5.34. The number of hydrogen-bond donors (Lipinski definition) is 2. The lowest BCUT2D eigenvalue weighted by Gasteiger charge is -2.42. The second kappa shape index (κ2) is 4.19. The highest BCUT2D eigenvalue weighted by molar-refractivity contribution is 4.93. The van der Waals surface area contributed by atoms with Crippen LogP contribution >= 0.6 is 0 Å². The van der Waals surface area contributed by atoms with Gasteiger partial charge in [-0.25, -0.2) is 0 Å². The predicted molar refractivity (Wildman–Crippen MR) is 58.2 cm³/mol. The zero-order valence-corrected chi connectivity index (χ0v) is 9.26. The number of rotatable bonds is 1. The van der Waals surface area contributed by atoms with Crippen LogP contribution < -0.4 is 5.32 Å². The number of β-amino-alcohol motifs (C(OH)–C–C–N with tert-alkyl or cyclic N) is 1. The molecular weight excluding hydrogens is 174 g/mol. The van der Waals surface area contributed by atoms with Crippen LogP contribution in [0.15, 0.2) is 0 Å². The van der Waals surface area contributed by atoms with Crippen LogP contribution in [0, 0.1) is 11.8 Å². The van der Waals surface area contributed by atoms with E-state index >= 15 is 0 Å². The SMILES string of the molecule is CC1CCC(C2(O)CCCNC2)CC1. The van der Waals surface area contributed by atoms with Crippen molar-refractivity contribution >= 4 is 0 Å². The van der Waals surface area contributed by atoms with Crippen molar-refractivity contribution in [1.29, 1.82) is 0 Å². The molecule has 0 aromatic carbocycles. The Labute approximate surface area is 87.1 Å². The van der Waals surface area contributed by atoms with Gasteiger partial charge in [0.15, 0.2) is 0 Å². The summed E-state index contributed by atoms with van der Waals surface area (Å²) in [6.45, 7) is 4.25. The Kier molecular flexibility index (Phi) is 3.13. The maximum Gasteiger partial charge on any atom is 0.0800 e. The molecule has 1 saturated carbocycles. The molecule has 2 N–H and O–H groups in total. The molecule has 0 aromatic heterocycles. The lowest BCUT2D eigenvalue weighted by atomic mass is 9.71. The average molecular weight is 197 g/mol. The summed E-state index contributed by atoms with van der Waals surface area (Å²) in [5.74, 6) is 1.44. The van der Waals surface area contributed by atoms with E-state index in [4.69, 9.17) is 0 Å². The minimum atomic E-state index is -0.377. The Morgan fingerprint density at radius 1 is 1.21 bits per heavy atom. The van der Waals surface area contributed by atoms with Crippen LogP contribution in [0.3, 0.4) is 0 Å². The highest BCUT2D eigenvalue weighted by Crippen LogP contribution is 2.38. The van der Waals surface area contributed by atoms with Gasteiger partial charge in [-0.3, -0.25) is 0 Å². The van der Waals surface area contributed by atoms with Crippen LogP contribution in [0.5, 0.6) is 0 Å². The van der Waals surface area contributed by atoms with Gasteiger partial charge in [0.25, 0.3) is 0 Å². The van der Waals surface area contributed by atoms with Gasteiger partial charge in [-0.15, -0.1) is 0 Å². The van der Waals surface area contributed by atoms with Crippen molar-refractivity contribution in [3.05, 3.63) is 0 Å².